The summed E-state index contributed by atoms with van der Waals surface area (Å²) in [6.45, 7) is 0. The van der Waals surface area contributed by atoms with Crippen molar-refractivity contribution >= 4 is 63.8 Å². The lowest BCUT2D eigenvalue weighted by atomic mass is 10.2. The Morgan fingerprint density at radius 2 is 2.08 bits per heavy atom. The van der Waals surface area contributed by atoms with E-state index in [2.05, 4.69) is 10.5 Å². The fourth-order valence-electron chi connectivity index (χ4n) is 1.70. The number of aromatic hydroxyl groups is 1. The number of nitro groups is 1. The number of phenols is 1. The normalized spacial score (nSPS) is 10.8. The highest BCUT2D eigenvalue weighted by molar-refractivity contribution is 14.1. The third kappa shape index (κ3) is 5.87. The minimum absolute atomic E-state index is 0.136. The van der Waals surface area contributed by atoms with Crippen LogP contribution < -0.4 is 5.43 Å². The van der Waals surface area contributed by atoms with Crippen molar-refractivity contribution in [3.8, 4) is 5.75 Å². The summed E-state index contributed by atoms with van der Waals surface area (Å²) >= 11 is 8.88. The molecule has 2 rings (SSSR count). The lowest BCUT2D eigenvalue weighted by Gasteiger charge is -2.03. The van der Waals surface area contributed by atoms with Gasteiger partial charge in [0.25, 0.3) is 5.69 Å². The number of carbonyl (C=O) groups excluding carboxylic acids is 1. The maximum absolute atomic E-state index is 11.8. The molecule has 0 heterocycles. The fraction of sp³-hybridized carbons (Fsp3) is 0.0667. The van der Waals surface area contributed by atoms with Crippen molar-refractivity contribution in [2.24, 2.45) is 5.10 Å². The molecule has 0 saturated carbocycles. The number of nitrogens with zero attached hydrogens (tertiary/aromatic N) is 2. The van der Waals surface area contributed by atoms with Gasteiger partial charge < -0.3 is 5.11 Å². The zero-order valence-corrected chi connectivity index (χ0v) is 16.2. The van der Waals surface area contributed by atoms with Gasteiger partial charge in [-0.2, -0.15) is 5.10 Å². The lowest BCUT2D eigenvalue weighted by molar-refractivity contribution is -0.385. The summed E-state index contributed by atoms with van der Waals surface area (Å²) in [5, 5.41) is 25.1. The summed E-state index contributed by atoms with van der Waals surface area (Å²) in [6.07, 6.45) is 1.16. The molecule has 0 fully saturated rings. The highest BCUT2D eigenvalue weighted by Gasteiger charge is 2.13. The quantitative estimate of drug-likeness (QED) is 0.210. The van der Waals surface area contributed by atoms with Crippen LogP contribution in [0.3, 0.4) is 0 Å². The van der Waals surface area contributed by atoms with Crippen molar-refractivity contribution in [2.45, 2.75) is 4.90 Å². The second-order valence-corrected chi connectivity index (χ2v) is 7.31. The van der Waals surface area contributed by atoms with Gasteiger partial charge >= 0.3 is 0 Å². The number of nitrogens with one attached hydrogen (secondary N) is 1. The molecule has 2 aromatic carbocycles. The van der Waals surface area contributed by atoms with E-state index in [0.717, 1.165) is 11.1 Å². The van der Waals surface area contributed by atoms with E-state index in [1.807, 2.05) is 0 Å². The van der Waals surface area contributed by atoms with Gasteiger partial charge in [0, 0.05) is 27.6 Å². The van der Waals surface area contributed by atoms with Crippen molar-refractivity contribution in [1.82, 2.24) is 5.43 Å². The molecule has 7 nitrogen and oxygen atoms in total. The third-order valence-corrected chi connectivity index (χ3v) is 4.95. The van der Waals surface area contributed by atoms with Crippen LogP contribution in [0.4, 0.5) is 5.69 Å². The Bertz CT molecular complexity index is 830. The molecule has 0 aliphatic rings. The summed E-state index contributed by atoms with van der Waals surface area (Å²) < 4.78 is 0.317. The Morgan fingerprint density at radius 3 is 2.72 bits per heavy atom. The van der Waals surface area contributed by atoms with E-state index in [0.29, 0.717) is 8.59 Å². The number of hydrogen-bond acceptors (Lipinski definition) is 6. The SMILES string of the molecule is O=C(CSc1ccc(Cl)cc1)N/N=C\c1cc([N+](=O)[O-])cc(I)c1O. The number of rotatable bonds is 6. The van der Waals surface area contributed by atoms with E-state index in [9.17, 15) is 20.0 Å². The molecule has 0 aliphatic carbocycles. The monoisotopic (exact) mass is 491 g/mol. The van der Waals surface area contributed by atoms with Crippen molar-refractivity contribution in [3.05, 3.63) is 60.7 Å². The molecule has 0 bridgehead atoms. The molecule has 0 spiro atoms. The molecular weight excluding hydrogens is 481 g/mol. The van der Waals surface area contributed by atoms with Gasteiger partial charge in [-0.05, 0) is 46.9 Å². The Balaban J connectivity index is 1.95. The van der Waals surface area contributed by atoms with Gasteiger partial charge in [0.15, 0.2) is 0 Å². The number of carbonyl (C=O) groups is 1. The van der Waals surface area contributed by atoms with Gasteiger partial charge in [0.2, 0.25) is 5.91 Å². The standard InChI is InChI=1S/C15H11ClIN3O4S/c16-10-1-3-12(4-2-10)25-8-14(21)19-18-7-9-5-11(20(23)24)6-13(17)15(9)22/h1-7,22H,8H2,(H,19,21)/b18-7-. The van der Waals surface area contributed by atoms with E-state index >= 15 is 0 Å². The molecule has 0 saturated heterocycles. The van der Waals surface area contributed by atoms with Crippen molar-refractivity contribution in [2.75, 3.05) is 5.75 Å². The van der Waals surface area contributed by atoms with Crippen molar-refractivity contribution < 1.29 is 14.8 Å². The van der Waals surface area contributed by atoms with Gasteiger partial charge in [-0.3, -0.25) is 14.9 Å². The van der Waals surface area contributed by atoms with Crippen LogP contribution in [0.25, 0.3) is 0 Å². The van der Waals surface area contributed by atoms with E-state index in [-0.39, 0.29) is 28.7 Å². The number of hydrazone groups is 1. The average Bonchev–Trinajstić information content (AvgIpc) is 2.57. The number of amides is 1. The molecule has 2 N–H and O–H groups in total. The number of thioether (sulfide) groups is 1. The first kappa shape index (κ1) is 19.5. The topological polar surface area (TPSA) is 105 Å². The lowest BCUT2D eigenvalue weighted by Crippen LogP contribution is -2.19. The summed E-state index contributed by atoms with van der Waals surface area (Å²) in [5.74, 6) is -0.354. The molecule has 10 heteroatoms. The van der Waals surface area contributed by atoms with Crippen LogP contribution in [0, 0.1) is 13.7 Å². The van der Waals surface area contributed by atoms with Crippen LogP contribution >= 0.6 is 46.0 Å². The molecule has 25 heavy (non-hydrogen) atoms. The predicted octanol–water partition coefficient (Wildman–Crippen LogP) is 3.80. The first-order valence-electron chi connectivity index (χ1n) is 6.74. The summed E-state index contributed by atoms with van der Waals surface area (Å²) in [7, 11) is 0. The number of non-ortho nitro benzene ring substituents is 1. The van der Waals surface area contributed by atoms with E-state index < -0.39 is 4.92 Å². The van der Waals surface area contributed by atoms with E-state index in [4.69, 9.17) is 11.6 Å². The Kier molecular flexibility index (Phi) is 7.02. The first-order valence-corrected chi connectivity index (χ1v) is 9.18. The van der Waals surface area contributed by atoms with Gasteiger partial charge in [-0.1, -0.05) is 11.6 Å². The number of phenolic OH excluding ortho intramolecular Hbond substituents is 1. The zero-order chi connectivity index (χ0) is 18.4. The molecule has 0 aliphatic heterocycles. The molecule has 0 radical (unpaired) electrons. The molecule has 0 atom stereocenters. The summed E-state index contributed by atoms with van der Waals surface area (Å²) in [5.41, 5.74) is 2.28. The molecule has 1 amide bonds. The van der Waals surface area contributed by atoms with Crippen LogP contribution in [0.15, 0.2) is 46.4 Å². The highest BCUT2D eigenvalue weighted by atomic mass is 127. The number of nitro benzene ring substituents is 1. The maximum Gasteiger partial charge on any atom is 0.271 e. The van der Waals surface area contributed by atoms with Crippen LogP contribution in [0.5, 0.6) is 5.75 Å². The van der Waals surface area contributed by atoms with Gasteiger partial charge in [0.1, 0.15) is 5.75 Å². The van der Waals surface area contributed by atoms with E-state index in [1.165, 1.54) is 23.9 Å². The largest absolute Gasteiger partial charge is 0.506 e. The second-order valence-electron chi connectivity index (χ2n) is 4.66. The minimum atomic E-state index is -0.569. The summed E-state index contributed by atoms with van der Waals surface area (Å²) in [4.78, 5) is 22.9. The summed E-state index contributed by atoms with van der Waals surface area (Å²) in [6, 6.07) is 9.47. The Morgan fingerprint density at radius 1 is 1.40 bits per heavy atom. The highest BCUT2D eigenvalue weighted by Crippen LogP contribution is 2.28. The minimum Gasteiger partial charge on any atom is -0.506 e. The van der Waals surface area contributed by atoms with Gasteiger partial charge in [-0.25, -0.2) is 5.43 Å². The van der Waals surface area contributed by atoms with Crippen LogP contribution in [-0.2, 0) is 4.79 Å². The molecular formula is C15H11ClIN3O4S. The predicted molar refractivity (Wildman–Crippen MR) is 105 cm³/mol. The van der Waals surface area contributed by atoms with Crippen LogP contribution in [0.1, 0.15) is 5.56 Å². The first-order chi connectivity index (χ1) is 11.9. The zero-order valence-electron chi connectivity index (χ0n) is 12.5. The number of hydrogen-bond donors (Lipinski definition) is 2. The number of benzene rings is 2. The van der Waals surface area contributed by atoms with Crippen LogP contribution in [0.2, 0.25) is 5.02 Å². The smallest absolute Gasteiger partial charge is 0.271 e. The van der Waals surface area contributed by atoms with Gasteiger partial charge in [0.05, 0.1) is 20.5 Å². The molecule has 0 unspecified atom stereocenters. The molecule has 0 aromatic heterocycles. The Labute approximate surface area is 165 Å². The van der Waals surface area contributed by atoms with Crippen molar-refractivity contribution in [1.29, 1.82) is 0 Å². The van der Waals surface area contributed by atoms with Gasteiger partial charge in [-0.15, -0.1) is 11.8 Å². The average molecular weight is 492 g/mol. The fourth-order valence-corrected chi connectivity index (χ4v) is 3.14. The number of halogens is 2. The maximum atomic E-state index is 11.8. The van der Waals surface area contributed by atoms with Crippen molar-refractivity contribution in [3.63, 3.8) is 0 Å². The third-order valence-electron chi connectivity index (χ3n) is 2.86. The van der Waals surface area contributed by atoms with Crippen LogP contribution in [-0.4, -0.2) is 27.9 Å². The Hall–Kier alpha value is -1.85. The van der Waals surface area contributed by atoms with E-state index in [1.54, 1.807) is 46.9 Å². The second kappa shape index (κ2) is 9.02. The molecule has 130 valence electrons. The molecule has 2 aromatic rings.